The quantitative estimate of drug-likeness (QED) is 0.566. The first-order chi connectivity index (χ1) is 7.33. The van der Waals surface area contributed by atoms with E-state index in [4.69, 9.17) is 0 Å². The lowest BCUT2D eigenvalue weighted by Crippen LogP contribution is -2.47. The molecule has 0 heterocycles. The van der Waals surface area contributed by atoms with Crippen LogP contribution in [0.4, 0.5) is 0 Å². The van der Waals surface area contributed by atoms with Gasteiger partial charge in [0.2, 0.25) is 0 Å². The maximum absolute atomic E-state index is 12.3. The van der Waals surface area contributed by atoms with Crippen LogP contribution < -0.4 is 0 Å². The van der Waals surface area contributed by atoms with E-state index in [2.05, 4.69) is 33.8 Å². The van der Waals surface area contributed by atoms with Crippen LogP contribution in [0.5, 0.6) is 0 Å². The fourth-order valence-corrected chi connectivity index (χ4v) is 5.32. The highest BCUT2D eigenvalue weighted by molar-refractivity contribution is 5.87. The lowest BCUT2D eigenvalue weighted by atomic mass is 9.55. The van der Waals surface area contributed by atoms with Crippen molar-refractivity contribution in [1.29, 1.82) is 0 Å². The molecular formula is C15H22O. The Morgan fingerprint density at radius 2 is 1.75 bits per heavy atom. The van der Waals surface area contributed by atoms with Gasteiger partial charge in [-0.05, 0) is 42.9 Å². The summed E-state index contributed by atoms with van der Waals surface area (Å²) in [5.74, 6) is 1.09. The maximum atomic E-state index is 12.3. The molecule has 0 unspecified atom stereocenters. The molecule has 1 heteroatoms. The summed E-state index contributed by atoms with van der Waals surface area (Å²) in [4.78, 5) is 12.3. The van der Waals surface area contributed by atoms with Crippen LogP contribution in [0.25, 0.3) is 0 Å². The van der Waals surface area contributed by atoms with E-state index in [9.17, 15) is 4.79 Å². The van der Waals surface area contributed by atoms with Gasteiger partial charge in [-0.25, -0.2) is 0 Å². The highest BCUT2D eigenvalue weighted by Crippen LogP contribution is 2.71. The Labute approximate surface area is 98.3 Å². The van der Waals surface area contributed by atoms with Crippen LogP contribution in [0, 0.1) is 22.2 Å². The molecule has 3 aliphatic rings. The predicted octanol–water partition coefficient (Wildman–Crippen LogP) is 3.74. The van der Waals surface area contributed by atoms with Gasteiger partial charge in [-0.1, -0.05) is 32.4 Å². The minimum Gasteiger partial charge on any atom is -0.299 e. The summed E-state index contributed by atoms with van der Waals surface area (Å²) in [6.07, 6.45) is 6.66. The number of hydrogen-bond donors (Lipinski definition) is 0. The summed E-state index contributed by atoms with van der Waals surface area (Å²) in [6, 6.07) is 0. The predicted molar refractivity (Wildman–Crippen MR) is 65.0 cm³/mol. The molecule has 0 N–H and O–H groups in total. The molecule has 1 nitrogen and oxygen atoms in total. The Hall–Kier alpha value is -0.590. The smallest absolute Gasteiger partial charge is 0.139 e. The molecule has 0 amide bonds. The molecule has 3 rings (SSSR count). The summed E-state index contributed by atoms with van der Waals surface area (Å²) >= 11 is 0. The molecule has 0 aromatic rings. The van der Waals surface area contributed by atoms with E-state index in [1.165, 1.54) is 6.42 Å². The largest absolute Gasteiger partial charge is 0.299 e. The normalized spacial score (nSPS) is 55.1. The first kappa shape index (κ1) is 10.6. The number of Topliss-reactive ketones (excluding diaryl/α,β-unsaturated/α-hetero) is 1. The zero-order chi connectivity index (χ0) is 11.8. The van der Waals surface area contributed by atoms with Crippen LogP contribution in [0.2, 0.25) is 0 Å². The van der Waals surface area contributed by atoms with E-state index >= 15 is 0 Å². The molecule has 2 fully saturated rings. The number of rotatable bonds is 0. The second-order valence-electron chi connectivity index (χ2n) is 7.02. The Bertz CT molecular complexity index is 408. The Balaban J connectivity index is 2.19. The van der Waals surface area contributed by atoms with Crippen molar-refractivity contribution < 1.29 is 4.79 Å². The van der Waals surface area contributed by atoms with Crippen LogP contribution in [-0.4, -0.2) is 5.78 Å². The third-order valence-corrected chi connectivity index (χ3v) is 6.07. The second kappa shape index (κ2) is 2.63. The Morgan fingerprint density at radius 1 is 1.12 bits per heavy atom. The number of ketones is 1. The number of allylic oxidation sites excluding steroid dienone is 2. The lowest BCUT2D eigenvalue weighted by Gasteiger charge is -2.48. The van der Waals surface area contributed by atoms with Gasteiger partial charge < -0.3 is 0 Å². The number of hydrogen-bond acceptors (Lipinski definition) is 1. The van der Waals surface area contributed by atoms with Crippen molar-refractivity contribution in [2.45, 2.75) is 53.4 Å². The minimum atomic E-state index is -0.0317. The number of carbonyl (C=O) groups excluding carboxylic acids is 1. The lowest BCUT2D eigenvalue weighted by molar-refractivity contribution is -0.138. The summed E-state index contributed by atoms with van der Waals surface area (Å²) in [5, 5.41) is 0. The maximum Gasteiger partial charge on any atom is 0.139 e. The van der Waals surface area contributed by atoms with Gasteiger partial charge in [0.15, 0.2) is 0 Å². The molecule has 0 aromatic heterocycles. The molecule has 0 bridgehead atoms. The molecule has 0 aliphatic heterocycles. The zero-order valence-corrected chi connectivity index (χ0v) is 10.9. The molecule has 2 saturated carbocycles. The SMILES string of the molecule is CC1=C[C@]2(C)CCC(=O)[C@]3(C)CC[C@]1(C)[C@H]32. The van der Waals surface area contributed by atoms with E-state index in [1.807, 2.05) is 0 Å². The van der Waals surface area contributed by atoms with Gasteiger partial charge in [-0.15, -0.1) is 0 Å². The summed E-state index contributed by atoms with van der Waals surface area (Å²) in [5.41, 5.74) is 2.10. The van der Waals surface area contributed by atoms with E-state index in [0.29, 0.717) is 17.1 Å². The molecule has 4 atom stereocenters. The van der Waals surface area contributed by atoms with Crippen LogP contribution in [0.3, 0.4) is 0 Å². The topological polar surface area (TPSA) is 17.1 Å². The van der Waals surface area contributed by atoms with Gasteiger partial charge in [-0.2, -0.15) is 0 Å². The minimum absolute atomic E-state index is 0.0317. The molecule has 0 saturated heterocycles. The highest BCUT2D eigenvalue weighted by Gasteiger charge is 2.66. The van der Waals surface area contributed by atoms with E-state index in [1.54, 1.807) is 5.57 Å². The molecule has 16 heavy (non-hydrogen) atoms. The van der Waals surface area contributed by atoms with Crippen molar-refractivity contribution >= 4 is 5.78 Å². The average Bonchev–Trinajstić information content (AvgIpc) is 2.59. The molecule has 0 aromatic carbocycles. The molecular weight excluding hydrogens is 196 g/mol. The molecule has 88 valence electrons. The van der Waals surface area contributed by atoms with Crippen molar-refractivity contribution in [3.63, 3.8) is 0 Å². The fraction of sp³-hybridized carbons (Fsp3) is 0.800. The van der Waals surface area contributed by atoms with Gasteiger partial charge in [0.25, 0.3) is 0 Å². The molecule has 3 aliphatic carbocycles. The molecule has 0 radical (unpaired) electrons. The van der Waals surface area contributed by atoms with Crippen LogP contribution in [0.1, 0.15) is 53.4 Å². The zero-order valence-electron chi connectivity index (χ0n) is 10.9. The van der Waals surface area contributed by atoms with Crippen molar-refractivity contribution in [1.82, 2.24) is 0 Å². The first-order valence-electron chi connectivity index (χ1n) is 6.56. The summed E-state index contributed by atoms with van der Waals surface area (Å²) in [6.45, 7) is 9.27. The van der Waals surface area contributed by atoms with Gasteiger partial charge in [-0.3, -0.25) is 4.79 Å². The van der Waals surface area contributed by atoms with Gasteiger partial charge in [0.1, 0.15) is 5.78 Å². The monoisotopic (exact) mass is 218 g/mol. The summed E-state index contributed by atoms with van der Waals surface area (Å²) in [7, 11) is 0. The average molecular weight is 218 g/mol. The van der Waals surface area contributed by atoms with Gasteiger partial charge in [0.05, 0.1) is 0 Å². The van der Waals surface area contributed by atoms with Gasteiger partial charge >= 0.3 is 0 Å². The van der Waals surface area contributed by atoms with Gasteiger partial charge in [0, 0.05) is 11.8 Å². The highest BCUT2D eigenvalue weighted by atomic mass is 16.1. The third-order valence-electron chi connectivity index (χ3n) is 6.07. The van der Waals surface area contributed by atoms with E-state index < -0.39 is 0 Å². The molecule has 0 spiro atoms. The Kier molecular flexibility index (Phi) is 1.73. The summed E-state index contributed by atoms with van der Waals surface area (Å²) < 4.78 is 0. The van der Waals surface area contributed by atoms with Crippen molar-refractivity contribution in [3.05, 3.63) is 11.6 Å². The fourth-order valence-electron chi connectivity index (χ4n) is 5.32. The second-order valence-corrected chi connectivity index (χ2v) is 7.02. The van der Waals surface area contributed by atoms with Crippen LogP contribution >= 0.6 is 0 Å². The van der Waals surface area contributed by atoms with Crippen LogP contribution in [-0.2, 0) is 4.79 Å². The van der Waals surface area contributed by atoms with Crippen LogP contribution in [0.15, 0.2) is 11.6 Å². The standard InChI is InChI=1S/C15H22O/c1-10-9-13(2)6-5-11(16)15(4)8-7-14(10,3)12(13)15/h9,12H,5-8H2,1-4H3/t12-,13+,14+,15+/m1/s1. The number of carbonyl (C=O) groups is 1. The Morgan fingerprint density at radius 3 is 2.44 bits per heavy atom. The van der Waals surface area contributed by atoms with Crippen molar-refractivity contribution in [2.24, 2.45) is 22.2 Å². The van der Waals surface area contributed by atoms with Crippen molar-refractivity contribution in [3.8, 4) is 0 Å². The van der Waals surface area contributed by atoms with E-state index in [0.717, 1.165) is 19.3 Å². The van der Waals surface area contributed by atoms with E-state index in [-0.39, 0.29) is 10.8 Å². The van der Waals surface area contributed by atoms with Crippen molar-refractivity contribution in [2.75, 3.05) is 0 Å². The first-order valence-corrected chi connectivity index (χ1v) is 6.56. The third kappa shape index (κ3) is 0.919.